The van der Waals surface area contributed by atoms with Gasteiger partial charge in [-0.3, -0.25) is 30.3 Å². The Morgan fingerprint density at radius 1 is 1.19 bits per heavy atom. The number of amides is 1. The van der Waals surface area contributed by atoms with Gasteiger partial charge in [-0.25, -0.2) is 18.0 Å². The van der Waals surface area contributed by atoms with Crippen molar-refractivity contribution in [3.63, 3.8) is 0 Å². The minimum atomic E-state index is -1.41. The van der Waals surface area contributed by atoms with Crippen LogP contribution in [0.3, 0.4) is 0 Å². The molecule has 192 valence electrons. The Balaban J connectivity index is 1.14. The number of halogens is 3. The van der Waals surface area contributed by atoms with Gasteiger partial charge in [0, 0.05) is 48.7 Å². The van der Waals surface area contributed by atoms with Crippen LogP contribution in [0.5, 0.6) is 0 Å². The molecule has 0 bridgehead atoms. The molecule has 4 heterocycles. The van der Waals surface area contributed by atoms with Crippen molar-refractivity contribution in [2.45, 2.75) is 31.7 Å². The molecular weight excluding hydrogens is 491 g/mol. The number of aromatic amines is 1. The number of carbonyl (C=O) groups excluding carboxylic acids is 1. The first kappa shape index (κ1) is 23.4. The molecular formula is C24H22F3N7O3. The molecule has 2 aromatic heterocycles. The molecule has 3 unspecified atom stereocenters. The van der Waals surface area contributed by atoms with E-state index in [1.54, 1.807) is 12.3 Å². The number of nitrogens with zero attached hydrogens (tertiary/aromatic N) is 4. The summed E-state index contributed by atoms with van der Waals surface area (Å²) in [6.07, 6.45) is 2.35. The number of aromatic nitrogens is 3. The fourth-order valence-corrected chi connectivity index (χ4v) is 4.39. The van der Waals surface area contributed by atoms with Crippen LogP contribution in [0.15, 0.2) is 41.7 Å². The molecule has 3 aromatic rings. The predicted octanol–water partition coefficient (Wildman–Crippen LogP) is 2.83. The van der Waals surface area contributed by atoms with Gasteiger partial charge in [-0.15, -0.1) is 0 Å². The van der Waals surface area contributed by atoms with Crippen LogP contribution in [0.2, 0.25) is 0 Å². The molecule has 1 saturated carbocycles. The predicted molar refractivity (Wildman–Crippen MR) is 125 cm³/mol. The molecule has 2 saturated heterocycles. The highest BCUT2D eigenvalue weighted by molar-refractivity contribution is 5.91. The highest BCUT2D eigenvalue weighted by atomic mass is 19.2. The van der Waals surface area contributed by atoms with Crippen LogP contribution in [0.1, 0.15) is 17.8 Å². The van der Waals surface area contributed by atoms with Gasteiger partial charge in [-0.2, -0.15) is 5.10 Å². The Kier molecular flexibility index (Phi) is 6.00. The zero-order valence-corrected chi connectivity index (χ0v) is 19.4. The van der Waals surface area contributed by atoms with E-state index in [2.05, 4.69) is 31.0 Å². The van der Waals surface area contributed by atoms with Crippen LogP contribution < -0.4 is 15.7 Å². The lowest BCUT2D eigenvalue weighted by molar-refractivity contribution is 0.0880. The molecule has 2 aliphatic heterocycles. The number of fused-ring (bicyclic) bond motifs is 1. The first-order chi connectivity index (χ1) is 18.0. The van der Waals surface area contributed by atoms with Gasteiger partial charge >= 0.3 is 6.09 Å². The topological polar surface area (TPSA) is 117 Å². The average Bonchev–Trinajstić information content (AvgIpc) is 3.20. The number of anilines is 1. The zero-order valence-electron chi connectivity index (χ0n) is 19.4. The third-order valence-electron chi connectivity index (χ3n) is 6.46. The number of hydrogen-bond donors (Lipinski definition) is 3. The van der Waals surface area contributed by atoms with E-state index >= 15 is 13.2 Å². The summed E-state index contributed by atoms with van der Waals surface area (Å²) in [5.41, 5.74) is 3.23. The van der Waals surface area contributed by atoms with Gasteiger partial charge in [-0.05, 0) is 18.6 Å². The first-order valence-corrected chi connectivity index (χ1v) is 11.7. The summed E-state index contributed by atoms with van der Waals surface area (Å²) in [6.45, 7) is 0.975. The smallest absolute Gasteiger partial charge is 0.414 e. The van der Waals surface area contributed by atoms with Crippen LogP contribution in [0, 0.1) is 23.4 Å². The second-order valence-corrected chi connectivity index (χ2v) is 9.05. The number of ether oxygens (including phenoxy) is 1. The summed E-state index contributed by atoms with van der Waals surface area (Å²) in [4.78, 5) is 27.1. The van der Waals surface area contributed by atoms with Crippen LogP contribution in [-0.2, 0) is 22.7 Å². The van der Waals surface area contributed by atoms with E-state index in [1.807, 2.05) is 6.07 Å². The van der Waals surface area contributed by atoms with E-state index in [9.17, 15) is 4.79 Å². The molecule has 6 rings (SSSR count). The average molecular weight is 513 g/mol. The highest BCUT2D eigenvalue weighted by Crippen LogP contribution is 2.38. The molecule has 0 radical (unpaired) electrons. The van der Waals surface area contributed by atoms with E-state index in [0.29, 0.717) is 24.6 Å². The molecule has 1 amide bonds. The van der Waals surface area contributed by atoms with Crippen LogP contribution in [0.25, 0.3) is 11.1 Å². The van der Waals surface area contributed by atoms with Crippen molar-refractivity contribution in [2.75, 3.05) is 18.0 Å². The number of hydroxylamine groups is 1. The number of aliphatic imine (C=N–C) groups is 1. The minimum Gasteiger partial charge on any atom is -0.442 e. The maximum absolute atomic E-state index is 15.1. The Morgan fingerprint density at radius 3 is 2.78 bits per heavy atom. The van der Waals surface area contributed by atoms with Gasteiger partial charge in [0.05, 0.1) is 36.1 Å². The SMILES string of the molecule is O=C1OC(CN=C2NOC3CC23)CN1c1cc(F)c(-c2ccc(CNCc3ccn[nH]3)nc2)c(F)c1F. The van der Waals surface area contributed by atoms with Crippen LogP contribution >= 0.6 is 0 Å². The normalized spacial score (nSPS) is 23.3. The third kappa shape index (κ3) is 4.62. The number of rotatable bonds is 8. The van der Waals surface area contributed by atoms with Gasteiger partial charge in [0.1, 0.15) is 17.8 Å². The summed E-state index contributed by atoms with van der Waals surface area (Å²) in [5.74, 6) is -2.88. The number of cyclic esters (lactones) is 1. The summed E-state index contributed by atoms with van der Waals surface area (Å²) in [7, 11) is 0. The monoisotopic (exact) mass is 513 g/mol. The number of benzene rings is 1. The first-order valence-electron chi connectivity index (χ1n) is 11.7. The van der Waals surface area contributed by atoms with Crippen molar-refractivity contribution in [2.24, 2.45) is 10.9 Å². The minimum absolute atomic E-state index is 0.0696. The van der Waals surface area contributed by atoms with E-state index in [-0.39, 0.29) is 30.7 Å². The van der Waals surface area contributed by atoms with Crippen molar-refractivity contribution in [1.29, 1.82) is 0 Å². The fourth-order valence-electron chi connectivity index (χ4n) is 4.39. The van der Waals surface area contributed by atoms with E-state index < -0.39 is 40.9 Å². The van der Waals surface area contributed by atoms with Gasteiger partial charge in [0.25, 0.3) is 0 Å². The van der Waals surface area contributed by atoms with Crippen molar-refractivity contribution < 1.29 is 27.5 Å². The van der Waals surface area contributed by atoms with E-state index in [4.69, 9.17) is 9.57 Å². The van der Waals surface area contributed by atoms with Gasteiger partial charge < -0.3 is 10.1 Å². The van der Waals surface area contributed by atoms with Crippen molar-refractivity contribution in [3.8, 4) is 11.1 Å². The fraction of sp³-hybridized carbons (Fsp3) is 0.333. The second kappa shape index (κ2) is 9.48. The summed E-state index contributed by atoms with van der Waals surface area (Å²) in [6, 6.07) is 5.68. The zero-order chi connectivity index (χ0) is 25.5. The molecule has 3 fully saturated rings. The Bertz CT molecular complexity index is 1350. The lowest BCUT2D eigenvalue weighted by atomic mass is 10.0. The summed E-state index contributed by atoms with van der Waals surface area (Å²) in [5, 5.41) is 9.85. The largest absolute Gasteiger partial charge is 0.442 e. The number of pyridine rings is 1. The summed E-state index contributed by atoms with van der Waals surface area (Å²) < 4.78 is 50.4. The Hall–Kier alpha value is -3.97. The number of hydrogen-bond acceptors (Lipinski definition) is 7. The van der Waals surface area contributed by atoms with Crippen molar-refractivity contribution in [1.82, 2.24) is 26.0 Å². The molecule has 0 spiro atoms. The number of amidine groups is 1. The van der Waals surface area contributed by atoms with Gasteiger partial charge in [-0.1, -0.05) is 6.07 Å². The van der Waals surface area contributed by atoms with Crippen LogP contribution in [0.4, 0.5) is 23.7 Å². The highest BCUT2D eigenvalue weighted by Gasteiger charge is 2.49. The molecule has 3 aliphatic rings. The number of carbonyl (C=O) groups is 1. The van der Waals surface area contributed by atoms with Crippen molar-refractivity contribution in [3.05, 3.63) is 65.5 Å². The molecule has 1 aliphatic carbocycles. The van der Waals surface area contributed by atoms with E-state index in [0.717, 1.165) is 23.1 Å². The molecule has 10 nitrogen and oxygen atoms in total. The number of nitrogens with one attached hydrogen (secondary N) is 3. The van der Waals surface area contributed by atoms with Gasteiger partial charge in [0.2, 0.25) is 0 Å². The quantitative estimate of drug-likeness (QED) is 0.397. The standard InChI is InChI=1S/C24H22F3N7O3/c25-17-6-18(34-11-15(36-24(34)35)10-30-23-16-5-19(16)37-33-23)21(26)22(27)20(17)12-1-2-13(29-7-12)8-28-9-14-3-4-31-32-14/h1-4,6-7,15-16,19,28H,5,8-11H2,(H,30,33)(H,31,32). The second-order valence-electron chi connectivity index (χ2n) is 9.05. The maximum atomic E-state index is 15.1. The summed E-state index contributed by atoms with van der Waals surface area (Å²) >= 11 is 0. The molecule has 3 N–H and O–H groups in total. The molecule has 13 heteroatoms. The Morgan fingerprint density at radius 2 is 2.08 bits per heavy atom. The molecule has 3 atom stereocenters. The van der Waals surface area contributed by atoms with Crippen molar-refractivity contribution >= 4 is 17.6 Å². The van der Waals surface area contributed by atoms with E-state index in [1.165, 1.54) is 12.3 Å². The van der Waals surface area contributed by atoms with Gasteiger partial charge in [0.15, 0.2) is 11.6 Å². The molecule has 37 heavy (non-hydrogen) atoms. The molecule has 1 aromatic carbocycles. The lowest BCUT2D eigenvalue weighted by Gasteiger charge is -2.16. The number of H-pyrrole nitrogens is 1. The van der Waals surface area contributed by atoms with Crippen LogP contribution in [-0.4, -0.2) is 52.4 Å². The third-order valence-corrected chi connectivity index (χ3v) is 6.46. The Labute approximate surface area is 208 Å². The lowest BCUT2D eigenvalue weighted by Crippen LogP contribution is -2.27. The maximum Gasteiger partial charge on any atom is 0.414 e.